The van der Waals surface area contributed by atoms with Crippen LogP contribution in [0.25, 0.3) is 6.08 Å². The van der Waals surface area contributed by atoms with Gasteiger partial charge in [-0.05, 0) is 17.0 Å². The molecule has 1 fully saturated rings. The Hall–Kier alpha value is -2.44. The van der Waals surface area contributed by atoms with Gasteiger partial charge in [-0.25, -0.2) is 0 Å². The quantitative estimate of drug-likeness (QED) is 0.800. The minimum atomic E-state index is -0.112. The van der Waals surface area contributed by atoms with Gasteiger partial charge >= 0.3 is 0 Å². The molecule has 1 N–H and O–H groups in total. The van der Waals surface area contributed by atoms with E-state index in [2.05, 4.69) is 34.5 Å². The fourth-order valence-electron chi connectivity index (χ4n) is 3.02. The number of nitrogens with one attached hydrogen (secondary N) is 1. The molecule has 0 atom stereocenters. The van der Waals surface area contributed by atoms with Gasteiger partial charge in [0.1, 0.15) is 0 Å². The largest absolute Gasteiger partial charge is 0.351 e. The number of rotatable bonds is 7. The molecule has 0 spiro atoms. The smallest absolute Gasteiger partial charge is 0.252 e. The fraction of sp³-hybridized carbons (Fsp3) is 0.333. The number of thiophene rings is 1. The molecular weight excluding hydrogens is 358 g/mol. The Morgan fingerprint density at radius 2 is 1.85 bits per heavy atom. The van der Waals surface area contributed by atoms with E-state index in [1.165, 1.54) is 16.9 Å². The molecule has 0 bridgehead atoms. The minimum Gasteiger partial charge on any atom is -0.351 e. The van der Waals surface area contributed by atoms with E-state index in [0.29, 0.717) is 18.5 Å². The first-order chi connectivity index (χ1) is 13.2. The lowest BCUT2D eigenvalue weighted by molar-refractivity contribution is -0.132. The first kappa shape index (κ1) is 19.3. The fourth-order valence-corrected chi connectivity index (χ4v) is 3.65. The van der Waals surface area contributed by atoms with Crippen LogP contribution in [0.1, 0.15) is 22.3 Å². The van der Waals surface area contributed by atoms with Crippen LogP contribution in [0, 0.1) is 0 Å². The molecule has 2 aromatic rings. The highest BCUT2D eigenvalue weighted by atomic mass is 32.1. The average molecular weight is 384 g/mol. The van der Waals surface area contributed by atoms with Crippen LogP contribution in [-0.2, 0) is 4.79 Å². The van der Waals surface area contributed by atoms with Crippen LogP contribution in [0.2, 0.25) is 0 Å². The Kier molecular flexibility index (Phi) is 7.19. The monoisotopic (exact) mass is 383 g/mol. The molecule has 1 aliphatic heterocycles. The van der Waals surface area contributed by atoms with Gasteiger partial charge in [0.15, 0.2) is 0 Å². The Morgan fingerprint density at radius 3 is 2.56 bits per heavy atom. The molecule has 3 rings (SSSR count). The molecule has 2 amide bonds. The number of amides is 2. The van der Waals surface area contributed by atoms with Gasteiger partial charge in [0.25, 0.3) is 5.91 Å². The Bertz CT molecular complexity index is 751. The van der Waals surface area contributed by atoms with Crippen molar-refractivity contribution in [3.8, 4) is 0 Å². The summed E-state index contributed by atoms with van der Waals surface area (Å²) in [5, 5.41) is 6.49. The van der Waals surface area contributed by atoms with E-state index < -0.39 is 0 Å². The minimum absolute atomic E-state index is 0.111. The maximum Gasteiger partial charge on any atom is 0.252 e. The summed E-state index contributed by atoms with van der Waals surface area (Å²) in [6, 6.07) is 12.0. The molecule has 0 aliphatic carbocycles. The molecule has 1 aromatic carbocycles. The standard InChI is InChI=1S/C21H25N3O2S/c25-20(8-10-22-21(26)19-9-16-27-17-19)24-14-12-23(13-15-24)11-4-7-18-5-2-1-3-6-18/h1-7,9,16-17H,8,10-15H2,(H,22,26)/b7-4+. The van der Waals surface area contributed by atoms with Gasteiger partial charge in [0, 0.05) is 56.6 Å². The number of piperazine rings is 1. The summed E-state index contributed by atoms with van der Waals surface area (Å²) in [7, 11) is 0. The number of nitrogens with zero attached hydrogens (tertiary/aromatic N) is 2. The van der Waals surface area contributed by atoms with E-state index in [9.17, 15) is 9.59 Å². The Balaban J connectivity index is 1.33. The molecule has 0 radical (unpaired) electrons. The van der Waals surface area contributed by atoms with Gasteiger partial charge in [-0.2, -0.15) is 11.3 Å². The summed E-state index contributed by atoms with van der Waals surface area (Å²) in [6.07, 6.45) is 4.66. The molecule has 27 heavy (non-hydrogen) atoms. The summed E-state index contributed by atoms with van der Waals surface area (Å²) in [6.45, 7) is 4.53. The molecular formula is C21H25N3O2S. The second-order valence-corrected chi connectivity index (χ2v) is 7.29. The Morgan fingerprint density at radius 1 is 1.07 bits per heavy atom. The van der Waals surface area contributed by atoms with Gasteiger partial charge in [-0.15, -0.1) is 0 Å². The third kappa shape index (κ3) is 6.05. The van der Waals surface area contributed by atoms with Crippen molar-refractivity contribution in [3.05, 3.63) is 64.4 Å². The highest BCUT2D eigenvalue weighted by Crippen LogP contribution is 2.07. The van der Waals surface area contributed by atoms with E-state index in [4.69, 9.17) is 0 Å². The third-order valence-electron chi connectivity index (χ3n) is 4.61. The molecule has 1 saturated heterocycles. The molecule has 0 saturated carbocycles. The van der Waals surface area contributed by atoms with Crippen molar-refractivity contribution < 1.29 is 9.59 Å². The van der Waals surface area contributed by atoms with Crippen LogP contribution in [0.15, 0.2) is 53.2 Å². The summed E-state index contributed by atoms with van der Waals surface area (Å²) in [4.78, 5) is 28.4. The van der Waals surface area contributed by atoms with Gasteiger partial charge in [-0.1, -0.05) is 42.5 Å². The van der Waals surface area contributed by atoms with E-state index in [-0.39, 0.29) is 11.8 Å². The number of benzene rings is 1. The topological polar surface area (TPSA) is 52.7 Å². The van der Waals surface area contributed by atoms with Crippen LogP contribution in [-0.4, -0.2) is 60.9 Å². The molecule has 5 nitrogen and oxygen atoms in total. The summed E-state index contributed by atoms with van der Waals surface area (Å²) in [5.41, 5.74) is 1.86. The van der Waals surface area contributed by atoms with Gasteiger partial charge in [-0.3, -0.25) is 14.5 Å². The van der Waals surface area contributed by atoms with Crippen molar-refractivity contribution in [1.29, 1.82) is 0 Å². The SMILES string of the molecule is O=C(NCCC(=O)N1CCN(C/C=C/c2ccccc2)CC1)c1ccsc1. The van der Waals surface area contributed by atoms with Crippen molar-refractivity contribution in [3.63, 3.8) is 0 Å². The van der Waals surface area contributed by atoms with Crippen LogP contribution in [0.4, 0.5) is 0 Å². The number of hydrogen-bond acceptors (Lipinski definition) is 4. The summed E-state index contributed by atoms with van der Waals surface area (Å²) in [5.74, 6) is -0.000770. The van der Waals surface area contributed by atoms with Gasteiger partial charge in [0.05, 0.1) is 0 Å². The van der Waals surface area contributed by atoms with Crippen molar-refractivity contribution in [1.82, 2.24) is 15.1 Å². The maximum atomic E-state index is 12.3. The van der Waals surface area contributed by atoms with Crippen molar-refractivity contribution >= 4 is 29.2 Å². The predicted molar refractivity (Wildman–Crippen MR) is 110 cm³/mol. The van der Waals surface area contributed by atoms with Crippen molar-refractivity contribution in [2.45, 2.75) is 6.42 Å². The van der Waals surface area contributed by atoms with Gasteiger partial charge < -0.3 is 10.2 Å². The highest BCUT2D eigenvalue weighted by Gasteiger charge is 2.20. The third-order valence-corrected chi connectivity index (χ3v) is 5.29. The van der Waals surface area contributed by atoms with Crippen molar-refractivity contribution in [2.75, 3.05) is 39.3 Å². The highest BCUT2D eigenvalue weighted by molar-refractivity contribution is 7.08. The zero-order chi connectivity index (χ0) is 18.9. The van der Waals surface area contributed by atoms with Crippen LogP contribution in [0.3, 0.4) is 0 Å². The van der Waals surface area contributed by atoms with Gasteiger partial charge in [0.2, 0.25) is 5.91 Å². The number of carbonyl (C=O) groups is 2. The molecule has 2 heterocycles. The summed E-state index contributed by atoms with van der Waals surface area (Å²) < 4.78 is 0. The van der Waals surface area contributed by atoms with E-state index in [1.807, 2.05) is 33.9 Å². The van der Waals surface area contributed by atoms with Crippen molar-refractivity contribution in [2.24, 2.45) is 0 Å². The number of hydrogen-bond donors (Lipinski definition) is 1. The second-order valence-electron chi connectivity index (χ2n) is 6.51. The predicted octanol–water partition coefficient (Wildman–Crippen LogP) is 2.73. The first-order valence-corrected chi connectivity index (χ1v) is 10.2. The van der Waals surface area contributed by atoms with Crippen LogP contribution >= 0.6 is 11.3 Å². The molecule has 1 aliphatic rings. The summed E-state index contributed by atoms with van der Waals surface area (Å²) >= 11 is 1.49. The van der Waals surface area contributed by atoms with E-state index >= 15 is 0 Å². The zero-order valence-electron chi connectivity index (χ0n) is 15.3. The van der Waals surface area contributed by atoms with E-state index in [0.717, 1.165) is 32.7 Å². The molecule has 1 aromatic heterocycles. The molecule has 0 unspecified atom stereocenters. The van der Waals surface area contributed by atoms with Crippen LogP contribution < -0.4 is 5.32 Å². The van der Waals surface area contributed by atoms with Crippen LogP contribution in [0.5, 0.6) is 0 Å². The zero-order valence-corrected chi connectivity index (χ0v) is 16.2. The lowest BCUT2D eigenvalue weighted by atomic mass is 10.2. The lowest BCUT2D eigenvalue weighted by Gasteiger charge is -2.34. The second kappa shape index (κ2) is 10.0. The normalized spacial score (nSPS) is 15.2. The molecule has 6 heteroatoms. The average Bonchev–Trinajstić information content (AvgIpc) is 3.24. The maximum absolute atomic E-state index is 12.3. The van der Waals surface area contributed by atoms with E-state index in [1.54, 1.807) is 6.07 Å². The molecule has 142 valence electrons. The Labute approximate surface area is 164 Å². The first-order valence-electron chi connectivity index (χ1n) is 9.24. The number of carbonyl (C=O) groups excluding carboxylic acids is 2. The lowest BCUT2D eigenvalue weighted by Crippen LogP contribution is -2.49.